The Kier molecular flexibility index (Phi) is 3.68. The van der Waals surface area contributed by atoms with E-state index < -0.39 is 34.0 Å². The minimum absolute atomic E-state index is 0.00715. The van der Waals surface area contributed by atoms with Crippen LogP contribution in [0.1, 0.15) is 6.42 Å². The number of β-amino-alcohol motifs (C(OH)–C–C–N with tert-alkyl or cyclic N) is 1. The van der Waals surface area contributed by atoms with Crippen LogP contribution in [0.2, 0.25) is 0 Å². The standard InChI is InChI=1S/C10H16N2O6S/c13-7-5-8(9(14)15)12(6-7)10(16)11-1-3-19(17,18)4-2-11/h7-8,13H,1-6H2,(H,14,15)/t7-,8-/m1/s1. The maximum atomic E-state index is 12.2. The zero-order valence-electron chi connectivity index (χ0n) is 10.2. The van der Waals surface area contributed by atoms with Gasteiger partial charge in [-0.1, -0.05) is 0 Å². The highest BCUT2D eigenvalue weighted by Crippen LogP contribution is 2.20. The highest BCUT2D eigenvalue weighted by molar-refractivity contribution is 7.91. The van der Waals surface area contributed by atoms with Crippen molar-refractivity contribution in [2.75, 3.05) is 31.1 Å². The molecule has 0 aliphatic carbocycles. The number of rotatable bonds is 1. The Morgan fingerprint density at radius 3 is 2.26 bits per heavy atom. The molecule has 2 amide bonds. The van der Waals surface area contributed by atoms with E-state index in [0.717, 1.165) is 4.90 Å². The van der Waals surface area contributed by atoms with Crippen LogP contribution in [0.3, 0.4) is 0 Å². The van der Waals surface area contributed by atoms with E-state index in [0.29, 0.717) is 0 Å². The van der Waals surface area contributed by atoms with E-state index in [2.05, 4.69) is 0 Å². The van der Waals surface area contributed by atoms with E-state index in [4.69, 9.17) is 5.11 Å². The van der Waals surface area contributed by atoms with Crippen molar-refractivity contribution in [3.05, 3.63) is 0 Å². The Labute approximate surface area is 110 Å². The second-order valence-electron chi connectivity index (χ2n) is 4.82. The molecule has 2 heterocycles. The average molecular weight is 292 g/mol. The molecule has 19 heavy (non-hydrogen) atoms. The number of carbonyl (C=O) groups excluding carboxylic acids is 1. The fourth-order valence-electron chi connectivity index (χ4n) is 2.34. The lowest BCUT2D eigenvalue weighted by Crippen LogP contribution is -2.52. The number of carboxylic acids is 1. The minimum atomic E-state index is -3.09. The number of hydrogen-bond acceptors (Lipinski definition) is 5. The van der Waals surface area contributed by atoms with E-state index in [1.807, 2.05) is 0 Å². The summed E-state index contributed by atoms with van der Waals surface area (Å²) in [5.74, 6) is -1.37. The first-order valence-corrected chi connectivity index (χ1v) is 7.79. The Morgan fingerprint density at radius 2 is 1.74 bits per heavy atom. The molecule has 9 heteroatoms. The number of carboxylic acid groups (broad SMARTS) is 1. The topological polar surface area (TPSA) is 115 Å². The van der Waals surface area contributed by atoms with Crippen molar-refractivity contribution in [3.8, 4) is 0 Å². The summed E-state index contributed by atoms with van der Waals surface area (Å²) in [6, 6.07) is -1.56. The van der Waals surface area contributed by atoms with Gasteiger partial charge in [0.15, 0.2) is 9.84 Å². The fraction of sp³-hybridized carbons (Fsp3) is 0.800. The molecule has 0 aromatic carbocycles. The number of aliphatic carboxylic acids is 1. The van der Waals surface area contributed by atoms with Gasteiger partial charge in [0.25, 0.3) is 0 Å². The molecule has 0 bridgehead atoms. The van der Waals surface area contributed by atoms with Crippen molar-refractivity contribution >= 4 is 21.8 Å². The largest absolute Gasteiger partial charge is 0.480 e. The summed E-state index contributed by atoms with van der Waals surface area (Å²) in [6.45, 7) is 0.110. The number of sulfone groups is 1. The number of amides is 2. The molecule has 108 valence electrons. The lowest BCUT2D eigenvalue weighted by molar-refractivity contribution is -0.141. The molecule has 2 aliphatic heterocycles. The lowest BCUT2D eigenvalue weighted by Gasteiger charge is -2.32. The fourth-order valence-corrected chi connectivity index (χ4v) is 3.55. The Bertz CT molecular complexity index is 476. The van der Waals surface area contributed by atoms with Gasteiger partial charge >= 0.3 is 12.0 Å². The molecule has 2 aliphatic rings. The van der Waals surface area contributed by atoms with Crippen molar-refractivity contribution in [1.82, 2.24) is 9.80 Å². The maximum absolute atomic E-state index is 12.2. The summed E-state index contributed by atoms with van der Waals surface area (Å²) in [7, 11) is -3.09. The Hall–Kier alpha value is -1.35. The summed E-state index contributed by atoms with van der Waals surface area (Å²) in [6.07, 6.45) is -0.841. The van der Waals surface area contributed by atoms with Crippen LogP contribution in [-0.2, 0) is 14.6 Å². The predicted octanol–water partition coefficient (Wildman–Crippen LogP) is -1.64. The van der Waals surface area contributed by atoms with Gasteiger partial charge in [-0.2, -0.15) is 0 Å². The molecule has 2 saturated heterocycles. The molecule has 0 aromatic heterocycles. The third-order valence-corrected chi connectivity index (χ3v) is 5.03. The predicted molar refractivity (Wildman–Crippen MR) is 64.4 cm³/mol. The van der Waals surface area contributed by atoms with Crippen LogP contribution < -0.4 is 0 Å². The quantitative estimate of drug-likeness (QED) is 0.599. The van der Waals surface area contributed by atoms with Crippen LogP contribution in [0.15, 0.2) is 0 Å². The minimum Gasteiger partial charge on any atom is -0.480 e. The number of aliphatic hydroxyl groups excluding tert-OH is 1. The number of likely N-dealkylation sites (tertiary alicyclic amines) is 1. The van der Waals surface area contributed by atoms with Crippen LogP contribution >= 0.6 is 0 Å². The number of nitrogens with zero attached hydrogens (tertiary/aromatic N) is 2. The van der Waals surface area contributed by atoms with Gasteiger partial charge in [0, 0.05) is 26.1 Å². The Balaban J connectivity index is 2.05. The van der Waals surface area contributed by atoms with Gasteiger partial charge in [0.05, 0.1) is 17.6 Å². The summed E-state index contributed by atoms with van der Waals surface area (Å²) in [5, 5.41) is 18.5. The van der Waals surface area contributed by atoms with Crippen LogP contribution in [0.4, 0.5) is 4.79 Å². The summed E-state index contributed by atoms with van der Waals surface area (Å²) >= 11 is 0. The third-order valence-electron chi connectivity index (χ3n) is 3.42. The zero-order chi connectivity index (χ0) is 14.2. The summed E-state index contributed by atoms with van der Waals surface area (Å²) in [5.41, 5.74) is 0. The molecule has 8 nitrogen and oxygen atoms in total. The molecule has 2 rings (SSSR count). The lowest BCUT2D eigenvalue weighted by atomic mass is 10.2. The van der Waals surface area contributed by atoms with E-state index in [-0.39, 0.29) is 37.6 Å². The van der Waals surface area contributed by atoms with Crippen LogP contribution in [-0.4, -0.2) is 83.7 Å². The van der Waals surface area contributed by atoms with Crippen molar-refractivity contribution in [3.63, 3.8) is 0 Å². The summed E-state index contributed by atoms with van der Waals surface area (Å²) < 4.78 is 22.6. The van der Waals surface area contributed by atoms with Gasteiger partial charge in [-0.25, -0.2) is 18.0 Å². The summed E-state index contributed by atoms with van der Waals surface area (Å²) in [4.78, 5) is 25.6. The molecule has 0 spiro atoms. The van der Waals surface area contributed by atoms with E-state index in [9.17, 15) is 23.1 Å². The van der Waals surface area contributed by atoms with Gasteiger partial charge in [-0.3, -0.25) is 0 Å². The number of carbonyl (C=O) groups is 2. The molecular formula is C10H16N2O6S. The normalized spacial score (nSPS) is 30.4. The Morgan fingerprint density at radius 1 is 1.16 bits per heavy atom. The van der Waals surface area contributed by atoms with Gasteiger partial charge in [0.1, 0.15) is 6.04 Å². The van der Waals surface area contributed by atoms with Crippen LogP contribution in [0.5, 0.6) is 0 Å². The van der Waals surface area contributed by atoms with Crippen molar-refractivity contribution in [2.24, 2.45) is 0 Å². The number of aliphatic hydroxyl groups is 1. The molecule has 0 aromatic rings. The van der Waals surface area contributed by atoms with Crippen molar-refractivity contribution in [2.45, 2.75) is 18.6 Å². The molecule has 2 atom stereocenters. The van der Waals surface area contributed by atoms with E-state index in [1.165, 1.54) is 4.90 Å². The molecule has 2 fully saturated rings. The molecule has 0 radical (unpaired) electrons. The molecule has 0 unspecified atom stereocenters. The second-order valence-corrected chi connectivity index (χ2v) is 7.12. The number of hydrogen-bond donors (Lipinski definition) is 2. The monoisotopic (exact) mass is 292 g/mol. The molecule has 0 saturated carbocycles. The van der Waals surface area contributed by atoms with Gasteiger partial charge < -0.3 is 20.0 Å². The van der Waals surface area contributed by atoms with Crippen molar-refractivity contribution < 1.29 is 28.2 Å². The SMILES string of the molecule is O=C(O)[C@H]1C[C@@H](O)CN1C(=O)N1CCS(=O)(=O)CC1. The first-order chi connectivity index (χ1) is 8.80. The first kappa shape index (κ1) is 14.1. The average Bonchev–Trinajstić information content (AvgIpc) is 2.70. The van der Waals surface area contributed by atoms with Crippen molar-refractivity contribution in [1.29, 1.82) is 0 Å². The van der Waals surface area contributed by atoms with E-state index in [1.54, 1.807) is 0 Å². The maximum Gasteiger partial charge on any atom is 0.326 e. The van der Waals surface area contributed by atoms with Crippen LogP contribution in [0, 0.1) is 0 Å². The van der Waals surface area contributed by atoms with E-state index >= 15 is 0 Å². The van der Waals surface area contributed by atoms with Crippen LogP contribution in [0.25, 0.3) is 0 Å². The second kappa shape index (κ2) is 4.97. The highest BCUT2D eigenvalue weighted by Gasteiger charge is 2.41. The smallest absolute Gasteiger partial charge is 0.326 e. The number of urea groups is 1. The van der Waals surface area contributed by atoms with Gasteiger partial charge in [-0.05, 0) is 0 Å². The molecule has 2 N–H and O–H groups in total. The molecular weight excluding hydrogens is 276 g/mol. The highest BCUT2D eigenvalue weighted by atomic mass is 32.2. The zero-order valence-corrected chi connectivity index (χ0v) is 11.0. The third kappa shape index (κ3) is 2.98. The first-order valence-electron chi connectivity index (χ1n) is 5.97. The van der Waals surface area contributed by atoms with Gasteiger partial charge in [0.2, 0.25) is 0 Å². The van der Waals surface area contributed by atoms with Gasteiger partial charge in [-0.15, -0.1) is 0 Å².